The molecule has 4 heterocycles. The van der Waals surface area contributed by atoms with Crippen molar-refractivity contribution >= 4 is 11.9 Å². The van der Waals surface area contributed by atoms with Gasteiger partial charge in [-0.3, -0.25) is 4.79 Å². The van der Waals surface area contributed by atoms with E-state index in [4.69, 9.17) is 28.4 Å². The Labute approximate surface area is 180 Å². The number of benzene rings is 1. The lowest BCUT2D eigenvalue weighted by Gasteiger charge is -2.18. The number of nitrogens with zero attached hydrogens (tertiary/aromatic N) is 4. The van der Waals surface area contributed by atoms with Crippen LogP contribution in [0, 0.1) is 0 Å². The molecule has 0 saturated carbocycles. The molecule has 0 spiro atoms. The maximum Gasteiger partial charge on any atom is 0.341 e. The fraction of sp³-hybridized carbons (Fsp3) is 0.500. The van der Waals surface area contributed by atoms with E-state index in [1.54, 1.807) is 18.2 Å². The molecule has 2 saturated heterocycles. The maximum atomic E-state index is 12.0. The number of carboxylic acid groups (broad SMARTS) is 1. The predicted octanol–water partition coefficient (Wildman–Crippen LogP) is -2.22. The van der Waals surface area contributed by atoms with Gasteiger partial charge in [0.15, 0.2) is 11.5 Å². The molecule has 0 unspecified atom stereocenters. The molecule has 14 nitrogen and oxygen atoms in total. The van der Waals surface area contributed by atoms with Gasteiger partial charge in [0.2, 0.25) is 12.7 Å². The summed E-state index contributed by atoms with van der Waals surface area (Å²) in [5, 5.41) is 24.7. The summed E-state index contributed by atoms with van der Waals surface area (Å²) in [5.74, 6) is -0.227. The van der Waals surface area contributed by atoms with E-state index >= 15 is 0 Å². The summed E-state index contributed by atoms with van der Waals surface area (Å²) >= 11 is 0. The van der Waals surface area contributed by atoms with Crippen molar-refractivity contribution in [1.29, 1.82) is 0 Å². The van der Waals surface area contributed by atoms with Gasteiger partial charge in [-0.15, -0.1) is 0 Å². The van der Waals surface area contributed by atoms with Crippen LogP contribution in [0.5, 0.6) is 23.3 Å². The van der Waals surface area contributed by atoms with Crippen LogP contribution in [0.4, 0.5) is 0 Å². The summed E-state index contributed by atoms with van der Waals surface area (Å²) in [6.07, 6.45) is -0.861. The molecule has 1 aromatic heterocycles. The van der Waals surface area contributed by atoms with E-state index in [2.05, 4.69) is 20.8 Å². The Bertz CT molecular complexity index is 1010. The highest BCUT2D eigenvalue weighted by Crippen LogP contribution is 2.38. The molecule has 3 aliphatic rings. The number of tetrazole rings is 1. The van der Waals surface area contributed by atoms with Gasteiger partial charge < -0.3 is 43.6 Å². The zero-order valence-electron chi connectivity index (χ0n) is 16.5. The molecule has 3 aliphatic heterocycles. The molecule has 5 rings (SSSR count). The molecule has 170 valence electrons. The number of hydrogen-bond donors (Lipinski definition) is 1. The van der Waals surface area contributed by atoms with E-state index in [1.165, 1.54) is 4.68 Å². The number of aromatic nitrogens is 4. The highest BCUT2D eigenvalue weighted by molar-refractivity contribution is 5.78. The van der Waals surface area contributed by atoms with Gasteiger partial charge in [0.05, 0.1) is 31.8 Å². The lowest BCUT2D eigenvalue weighted by atomic mass is 10.1. The van der Waals surface area contributed by atoms with Crippen molar-refractivity contribution < 1.29 is 43.1 Å². The van der Waals surface area contributed by atoms with Gasteiger partial charge in [-0.2, -0.15) is 4.68 Å². The molecule has 1 aromatic carbocycles. The third-order valence-corrected chi connectivity index (χ3v) is 5.16. The fourth-order valence-corrected chi connectivity index (χ4v) is 3.79. The van der Waals surface area contributed by atoms with Crippen LogP contribution in [0.25, 0.3) is 0 Å². The molecule has 14 heteroatoms. The average molecular weight is 448 g/mol. The SMILES string of the molecule is O=C([O-])COCC(=O)N[C@H]1CO[C@H]2[C@@H]1OC[C@@H]2n1nnnc1Oc1ccc2c(c1)OCO2. The number of fused-ring (bicyclic) bond motifs is 2. The number of carbonyl (C=O) groups excluding carboxylic acids is 2. The minimum Gasteiger partial charge on any atom is -0.548 e. The van der Waals surface area contributed by atoms with Crippen molar-refractivity contribution in [3.8, 4) is 23.3 Å². The van der Waals surface area contributed by atoms with Crippen LogP contribution < -0.4 is 24.6 Å². The number of hydrogen-bond acceptors (Lipinski definition) is 12. The van der Waals surface area contributed by atoms with Gasteiger partial charge in [-0.05, 0) is 22.6 Å². The van der Waals surface area contributed by atoms with Crippen molar-refractivity contribution in [2.45, 2.75) is 24.3 Å². The van der Waals surface area contributed by atoms with E-state index < -0.39 is 43.3 Å². The first kappa shape index (κ1) is 20.4. The fourth-order valence-electron chi connectivity index (χ4n) is 3.79. The molecule has 1 N–H and O–H groups in total. The van der Waals surface area contributed by atoms with Gasteiger partial charge in [0.1, 0.15) is 30.6 Å². The Kier molecular flexibility index (Phi) is 5.46. The number of carbonyl (C=O) groups is 2. The van der Waals surface area contributed by atoms with Crippen LogP contribution in [-0.4, -0.2) is 83.6 Å². The second-order valence-electron chi connectivity index (χ2n) is 7.23. The predicted molar refractivity (Wildman–Crippen MR) is 96.7 cm³/mol. The van der Waals surface area contributed by atoms with Crippen molar-refractivity contribution in [3.05, 3.63) is 18.2 Å². The molecule has 0 radical (unpaired) electrons. The molecule has 0 aliphatic carbocycles. The van der Waals surface area contributed by atoms with Crippen molar-refractivity contribution in [1.82, 2.24) is 25.5 Å². The zero-order valence-corrected chi connectivity index (χ0v) is 16.5. The summed E-state index contributed by atoms with van der Waals surface area (Å²) in [4.78, 5) is 22.3. The molecule has 2 aromatic rings. The number of amides is 1. The highest BCUT2D eigenvalue weighted by Gasteiger charge is 2.50. The largest absolute Gasteiger partial charge is 0.548 e. The quantitative estimate of drug-likeness (QED) is 0.463. The van der Waals surface area contributed by atoms with E-state index in [0.717, 1.165) is 0 Å². The molecular formula is C18H18N5O9-. The first-order valence-electron chi connectivity index (χ1n) is 9.74. The lowest BCUT2D eigenvalue weighted by molar-refractivity contribution is -0.309. The van der Waals surface area contributed by atoms with E-state index in [1.807, 2.05) is 0 Å². The molecule has 0 bridgehead atoms. The Morgan fingerprint density at radius 1 is 1.16 bits per heavy atom. The third-order valence-electron chi connectivity index (χ3n) is 5.16. The van der Waals surface area contributed by atoms with Gasteiger partial charge in [0.25, 0.3) is 0 Å². The third kappa shape index (κ3) is 4.02. The van der Waals surface area contributed by atoms with Gasteiger partial charge >= 0.3 is 6.01 Å². The van der Waals surface area contributed by atoms with Crippen molar-refractivity contribution in [2.24, 2.45) is 0 Å². The molecule has 2 fully saturated rings. The Hall–Kier alpha value is -3.49. The monoisotopic (exact) mass is 448 g/mol. The molecular weight excluding hydrogens is 430 g/mol. The molecule has 32 heavy (non-hydrogen) atoms. The summed E-state index contributed by atoms with van der Waals surface area (Å²) in [6, 6.07) is 4.44. The Morgan fingerprint density at radius 3 is 2.88 bits per heavy atom. The maximum absolute atomic E-state index is 12.0. The summed E-state index contributed by atoms with van der Waals surface area (Å²) in [5.41, 5.74) is 0. The number of ether oxygens (including phenoxy) is 6. The second-order valence-corrected chi connectivity index (χ2v) is 7.23. The zero-order chi connectivity index (χ0) is 22.1. The summed E-state index contributed by atoms with van der Waals surface area (Å²) in [6.45, 7) is -0.475. The van der Waals surface area contributed by atoms with E-state index in [9.17, 15) is 14.7 Å². The topological polar surface area (TPSA) is 168 Å². The van der Waals surface area contributed by atoms with Crippen LogP contribution in [0.15, 0.2) is 18.2 Å². The first-order valence-corrected chi connectivity index (χ1v) is 9.74. The number of carboxylic acids is 1. The second kappa shape index (κ2) is 8.57. The smallest absolute Gasteiger partial charge is 0.341 e. The first-order chi connectivity index (χ1) is 15.6. The minimum absolute atomic E-state index is 0.143. The van der Waals surface area contributed by atoms with E-state index in [0.29, 0.717) is 17.2 Å². The Morgan fingerprint density at radius 2 is 2.00 bits per heavy atom. The Balaban J connectivity index is 1.22. The number of aliphatic carboxylic acids is 1. The van der Waals surface area contributed by atoms with Crippen LogP contribution >= 0.6 is 0 Å². The van der Waals surface area contributed by atoms with Gasteiger partial charge in [-0.25, -0.2) is 0 Å². The summed E-state index contributed by atoms with van der Waals surface area (Å²) < 4.78 is 34.4. The molecule has 1 amide bonds. The summed E-state index contributed by atoms with van der Waals surface area (Å²) in [7, 11) is 0. The normalized spacial score (nSPS) is 25.5. The van der Waals surface area contributed by atoms with Crippen LogP contribution in [-0.2, 0) is 23.8 Å². The highest BCUT2D eigenvalue weighted by atomic mass is 16.7. The van der Waals surface area contributed by atoms with Crippen LogP contribution in [0.1, 0.15) is 6.04 Å². The standard InChI is InChI=1S/C18H19N5O9/c24-14(6-27-7-15(25)26)19-10-4-28-17-11(5-29-16(10)17)23-18(20-21-22-23)32-9-1-2-12-13(3-9)31-8-30-12/h1-3,10-11,16-17H,4-8H2,(H,19,24)(H,25,26)/p-1/t10-,11-,16+,17+/m0/s1. The lowest BCUT2D eigenvalue weighted by Crippen LogP contribution is -2.45. The van der Waals surface area contributed by atoms with Gasteiger partial charge in [0, 0.05) is 6.07 Å². The average Bonchev–Trinajstić information content (AvgIpc) is 3.53. The van der Waals surface area contributed by atoms with Crippen LogP contribution in [0.3, 0.4) is 0 Å². The minimum atomic E-state index is -1.40. The number of nitrogens with one attached hydrogen (secondary N) is 1. The van der Waals surface area contributed by atoms with Crippen LogP contribution in [0.2, 0.25) is 0 Å². The molecule has 4 atom stereocenters. The van der Waals surface area contributed by atoms with Gasteiger partial charge in [-0.1, -0.05) is 5.10 Å². The van der Waals surface area contributed by atoms with Crippen molar-refractivity contribution in [3.63, 3.8) is 0 Å². The van der Waals surface area contributed by atoms with Crippen molar-refractivity contribution in [2.75, 3.05) is 33.2 Å². The van der Waals surface area contributed by atoms with E-state index in [-0.39, 0.29) is 32.1 Å². The number of rotatable bonds is 8.